The van der Waals surface area contributed by atoms with Gasteiger partial charge in [-0.25, -0.2) is 0 Å². The highest BCUT2D eigenvalue weighted by Crippen LogP contribution is 2.22. The number of rotatable bonds is 7. The van der Waals surface area contributed by atoms with Crippen LogP contribution >= 0.6 is 11.6 Å². The van der Waals surface area contributed by atoms with E-state index >= 15 is 0 Å². The van der Waals surface area contributed by atoms with E-state index in [2.05, 4.69) is 12.0 Å². The molecule has 18 heavy (non-hydrogen) atoms. The van der Waals surface area contributed by atoms with E-state index in [0.29, 0.717) is 13.2 Å². The zero-order valence-corrected chi connectivity index (χ0v) is 12.5. The Kier molecular flexibility index (Phi) is 5.63. The van der Waals surface area contributed by atoms with E-state index < -0.39 is 0 Å². The highest BCUT2D eigenvalue weighted by molar-refractivity contribution is 6.31. The molecule has 5 heteroatoms. The molecule has 0 bridgehead atoms. The Labute approximate surface area is 114 Å². The molecule has 0 aliphatic rings. The molecule has 1 unspecified atom stereocenters. The van der Waals surface area contributed by atoms with Crippen molar-refractivity contribution in [2.45, 2.75) is 59.2 Å². The van der Waals surface area contributed by atoms with Crippen LogP contribution in [-0.4, -0.2) is 21.9 Å². The summed E-state index contributed by atoms with van der Waals surface area (Å²) in [4.78, 5) is 0. The molecular formula is C13H24ClN3O. The summed E-state index contributed by atoms with van der Waals surface area (Å²) in [6, 6.07) is 0. The predicted octanol–water partition coefficient (Wildman–Crippen LogP) is 2.76. The Morgan fingerprint density at radius 2 is 2.06 bits per heavy atom. The summed E-state index contributed by atoms with van der Waals surface area (Å²) >= 11 is 6.30. The molecule has 0 aliphatic heterocycles. The molecule has 1 heterocycles. The van der Waals surface area contributed by atoms with Gasteiger partial charge in [0.2, 0.25) is 0 Å². The normalized spacial score (nSPS) is 14.8. The molecule has 0 saturated carbocycles. The maximum absolute atomic E-state index is 6.30. The number of hydrogen-bond donors (Lipinski definition) is 1. The molecule has 0 fully saturated rings. The van der Waals surface area contributed by atoms with Crippen LogP contribution in [0.4, 0.5) is 0 Å². The van der Waals surface area contributed by atoms with Crippen molar-refractivity contribution in [1.29, 1.82) is 0 Å². The van der Waals surface area contributed by atoms with Crippen LogP contribution in [0.1, 0.15) is 45.5 Å². The number of nitrogens with two attached hydrogens (primary N) is 1. The zero-order chi connectivity index (χ0) is 13.8. The van der Waals surface area contributed by atoms with Crippen LogP contribution in [-0.2, 0) is 24.3 Å². The van der Waals surface area contributed by atoms with Crippen LogP contribution < -0.4 is 5.73 Å². The molecule has 104 valence electrons. The monoisotopic (exact) mass is 273 g/mol. The van der Waals surface area contributed by atoms with E-state index in [1.165, 1.54) is 0 Å². The van der Waals surface area contributed by atoms with E-state index in [4.69, 9.17) is 22.1 Å². The Morgan fingerprint density at radius 3 is 2.56 bits per heavy atom. The topological polar surface area (TPSA) is 53.1 Å². The quantitative estimate of drug-likeness (QED) is 0.831. The van der Waals surface area contributed by atoms with Crippen LogP contribution in [0, 0.1) is 0 Å². The van der Waals surface area contributed by atoms with Gasteiger partial charge in [0.25, 0.3) is 0 Å². The van der Waals surface area contributed by atoms with Gasteiger partial charge in [-0.1, -0.05) is 25.4 Å². The first-order valence-electron chi connectivity index (χ1n) is 6.55. The summed E-state index contributed by atoms with van der Waals surface area (Å²) in [7, 11) is 0. The van der Waals surface area contributed by atoms with Gasteiger partial charge in [0.05, 0.1) is 29.6 Å². The molecule has 1 atom stereocenters. The van der Waals surface area contributed by atoms with Gasteiger partial charge in [-0.15, -0.1) is 0 Å². The summed E-state index contributed by atoms with van der Waals surface area (Å²) < 4.78 is 7.59. The fourth-order valence-electron chi connectivity index (χ4n) is 1.64. The number of hydrogen-bond acceptors (Lipinski definition) is 3. The highest BCUT2D eigenvalue weighted by Gasteiger charge is 2.18. The Balaban J connectivity index is 2.69. The molecular weight excluding hydrogens is 250 g/mol. The average molecular weight is 274 g/mol. The van der Waals surface area contributed by atoms with Crippen LogP contribution in [0.5, 0.6) is 0 Å². The zero-order valence-electron chi connectivity index (χ0n) is 11.8. The van der Waals surface area contributed by atoms with Gasteiger partial charge in [-0.2, -0.15) is 5.10 Å². The second-order valence-electron chi connectivity index (χ2n) is 4.88. The number of halogens is 1. The number of aryl methyl sites for hydroxylation is 2. The van der Waals surface area contributed by atoms with Crippen molar-refractivity contribution in [3.8, 4) is 0 Å². The fourth-order valence-corrected chi connectivity index (χ4v) is 1.96. The van der Waals surface area contributed by atoms with Crippen molar-refractivity contribution < 1.29 is 4.74 Å². The smallest absolute Gasteiger partial charge is 0.0900 e. The van der Waals surface area contributed by atoms with Crippen LogP contribution in [0.15, 0.2) is 0 Å². The molecule has 1 aromatic heterocycles. The third-order valence-electron chi connectivity index (χ3n) is 3.17. The number of ether oxygens (including phenoxy) is 1. The van der Waals surface area contributed by atoms with Crippen molar-refractivity contribution in [3.05, 3.63) is 16.4 Å². The standard InChI is InChI=1S/C13H24ClN3O/c1-5-10-12(14)11(17(7-3)16-10)8-18-9-13(4,15)6-2/h5-9,15H2,1-4H3. The first-order valence-corrected chi connectivity index (χ1v) is 6.93. The van der Waals surface area contributed by atoms with Gasteiger partial charge in [-0.05, 0) is 26.7 Å². The maximum atomic E-state index is 6.30. The SMILES string of the molecule is CCc1nn(CC)c(COCC(C)(N)CC)c1Cl. The van der Waals surface area contributed by atoms with Crippen LogP contribution in [0.3, 0.4) is 0 Å². The lowest BCUT2D eigenvalue weighted by molar-refractivity contribution is 0.0735. The van der Waals surface area contributed by atoms with E-state index in [0.717, 1.165) is 35.8 Å². The summed E-state index contributed by atoms with van der Waals surface area (Å²) in [6.07, 6.45) is 1.72. The maximum Gasteiger partial charge on any atom is 0.0900 e. The average Bonchev–Trinajstić information content (AvgIpc) is 2.66. The van der Waals surface area contributed by atoms with Gasteiger partial charge in [0.1, 0.15) is 0 Å². The van der Waals surface area contributed by atoms with Crippen LogP contribution in [0.25, 0.3) is 0 Å². The number of aromatic nitrogens is 2. The lowest BCUT2D eigenvalue weighted by atomic mass is 10.0. The minimum atomic E-state index is -0.281. The summed E-state index contributed by atoms with van der Waals surface area (Å²) in [5, 5.41) is 5.19. The third kappa shape index (κ3) is 3.70. The predicted molar refractivity (Wildman–Crippen MR) is 74.8 cm³/mol. The second-order valence-corrected chi connectivity index (χ2v) is 5.26. The molecule has 1 aromatic rings. The number of nitrogens with zero attached hydrogens (tertiary/aromatic N) is 2. The third-order valence-corrected chi connectivity index (χ3v) is 3.61. The Bertz CT molecular complexity index is 388. The lowest BCUT2D eigenvalue weighted by Gasteiger charge is -2.22. The van der Waals surface area contributed by atoms with Gasteiger partial charge >= 0.3 is 0 Å². The largest absolute Gasteiger partial charge is 0.373 e. The highest BCUT2D eigenvalue weighted by atomic mass is 35.5. The molecule has 0 aliphatic carbocycles. The summed E-state index contributed by atoms with van der Waals surface area (Å²) in [6.45, 7) is 9.93. The lowest BCUT2D eigenvalue weighted by Crippen LogP contribution is -2.40. The molecule has 0 spiro atoms. The van der Waals surface area contributed by atoms with Gasteiger partial charge < -0.3 is 10.5 Å². The van der Waals surface area contributed by atoms with Crippen molar-refractivity contribution in [1.82, 2.24) is 9.78 Å². The van der Waals surface area contributed by atoms with E-state index in [1.54, 1.807) is 0 Å². The summed E-state index contributed by atoms with van der Waals surface area (Å²) in [5.41, 5.74) is 7.64. The first kappa shape index (κ1) is 15.5. The van der Waals surface area contributed by atoms with Crippen molar-refractivity contribution in [2.24, 2.45) is 5.73 Å². The molecule has 4 nitrogen and oxygen atoms in total. The molecule has 0 radical (unpaired) electrons. The van der Waals surface area contributed by atoms with Gasteiger partial charge in [0.15, 0.2) is 0 Å². The Hall–Kier alpha value is -0.580. The minimum absolute atomic E-state index is 0.281. The molecule has 1 rings (SSSR count). The molecule has 0 saturated heterocycles. The van der Waals surface area contributed by atoms with Crippen molar-refractivity contribution >= 4 is 11.6 Å². The van der Waals surface area contributed by atoms with Crippen LogP contribution in [0.2, 0.25) is 5.02 Å². The molecule has 0 aromatic carbocycles. The fraction of sp³-hybridized carbons (Fsp3) is 0.769. The molecule has 2 N–H and O–H groups in total. The van der Waals surface area contributed by atoms with Gasteiger partial charge in [-0.3, -0.25) is 4.68 Å². The second kappa shape index (κ2) is 6.55. The minimum Gasteiger partial charge on any atom is -0.373 e. The Morgan fingerprint density at radius 1 is 1.39 bits per heavy atom. The van der Waals surface area contributed by atoms with E-state index in [-0.39, 0.29) is 5.54 Å². The van der Waals surface area contributed by atoms with E-state index in [9.17, 15) is 0 Å². The van der Waals surface area contributed by atoms with Crippen molar-refractivity contribution in [3.63, 3.8) is 0 Å². The van der Waals surface area contributed by atoms with Gasteiger partial charge in [0, 0.05) is 12.1 Å². The molecule has 0 amide bonds. The van der Waals surface area contributed by atoms with Crippen molar-refractivity contribution in [2.75, 3.05) is 6.61 Å². The first-order chi connectivity index (χ1) is 8.45. The summed E-state index contributed by atoms with van der Waals surface area (Å²) in [5.74, 6) is 0. The van der Waals surface area contributed by atoms with E-state index in [1.807, 2.05) is 25.5 Å².